The van der Waals surface area contributed by atoms with E-state index in [-0.39, 0.29) is 17.5 Å². The Bertz CT molecular complexity index is 640. The highest BCUT2D eigenvalue weighted by atomic mass is 16.2. The van der Waals surface area contributed by atoms with E-state index >= 15 is 0 Å². The lowest BCUT2D eigenvalue weighted by molar-refractivity contribution is -0.123. The summed E-state index contributed by atoms with van der Waals surface area (Å²) in [5.74, 6) is 0.566. The second-order valence-corrected chi connectivity index (χ2v) is 6.81. The number of aryl methyl sites for hydroxylation is 1. The third-order valence-corrected chi connectivity index (χ3v) is 4.90. The maximum atomic E-state index is 12.3. The summed E-state index contributed by atoms with van der Waals surface area (Å²) in [6, 6.07) is 0.677. The van der Waals surface area contributed by atoms with Gasteiger partial charge in [0.05, 0.1) is 6.54 Å². The van der Waals surface area contributed by atoms with Crippen LogP contribution in [0.2, 0.25) is 0 Å². The minimum atomic E-state index is -0.0876. The molecule has 1 aromatic rings. The number of nitrogens with zero attached hydrogens (tertiary/aromatic N) is 4. The summed E-state index contributed by atoms with van der Waals surface area (Å²) in [6.45, 7) is 4.95. The molecule has 0 bridgehead atoms. The van der Waals surface area contributed by atoms with Crippen LogP contribution in [0.1, 0.15) is 32.6 Å². The molecule has 0 spiro atoms. The van der Waals surface area contributed by atoms with E-state index in [2.05, 4.69) is 22.1 Å². The number of anilines is 1. The van der Waals surface area contributed by atoms with E-state index in [1.807, 2.05) is 4.90 Å². The van der Waals surface area contributed by atoms with Crippen molar-refractivity contribution < 1.29 is 4.79 Å². The lowest BCUT2D eigenvalue weighted by atomic mass is 10.1. The first-order valence-electron chi connectivity index (χ1n) is 8.88. The summed E-state index contributed by atoms with van der Waals surface area (Å²) >= 11 is 0. The molecule has 1 atom stereocenters. The molecule has 2 fully saturated rings. The predicted octanol–water partition coefficient (Wildman–Crippen LogP) is 0.350. The van der Waals surface area contributed by atoms with E-state index in [0.29, 0.717) is 24.9 Å². The van der Waals surface area contributed by atoms with Crippen molar-refractivity contribution in [1.29, 1.82) is 0 Å². The minimum Gasteiger partial charge on any atom is -0.350 e. The number of hydrogen-bond donors (Lipinski definition) is 1. The van der Waals surface area contributed by atoms with Crippen LogP contribution < -0.4 is 15.8 Å². The third kappa shape index (κ3) is 3.95. The molecule has 1 N–H and O–H groups in total. The van der Waals surface area contributed by atoms with Crippen LogP contribution in [0.4, 0.5) is 5.82 Å². The number of carbonyl (C=O) groups is 1. The van der Waals surface area contributed by atoms with Crippen LogP contribution in [-0.2, 0) is 11.8 Å². The summed E-state index contributed by atoms with van der Waals surface area (Å²) in [5.41, 5.74) is -0.0876. The minimum absolute atomic E-state index is 0.0795. The number of carbonyl (C=O) groups excluding carboxylic acids is 1. The zero-order chi connectivity index (χ0) is 17.1. The van der Waals surface area contributed by atoms with E-state index in [1.54, 1.807) is 24.0 Å². The fourth-order valence-corrected chi connectivity index (χ4v) is 3.39. The van der Waals surface area contributed by atoms with Gasteiger partial charge in [-0.2, -0.15) is 0 Å². The van der Waals surface area contributed by atoms with Crippen LogP contribution in [0.25, 0.3) is 0 Å². The van der Waals surface area contributed by atoms with E-state index in [1.165, 1.54) is 12.8 Å². The molecular weight excluding hydrogens is 306 g/mol. The van der Waals surface area contributed by atoms with Crippen LogP contribution in [-0.4, -0.2) is 58.6 Å². The lowest BCUT2D eigenvalue weighted by Crippen LogP contribution is -2.51. The number of hydrogen-bond acceptors (Lipinski definition) is 5. The average Bonchev–Trinajstić information content (AvgIpc) is 3.40. The van der Waals surface area contributed by atoms with Crippen molar-refractivity contribution in [2.24, 2.45) is 7.05 Å². The van der Waals surface area contributed by atoms with Crippen molar-refractivity contribution in [3.63, 3.8) is 0 Å². The molecule has 1 aliphatic carbocycles. The fraction of sp³-hybridized carbons (Fsp3) is 0.706. The predicted molar refractivity (Wildman–Crippen MR) is 93.1 cm³/mol. The van der Waals surface area contributed by atoms with Gasteiger partial charge >= 0.3 is 0 Å². The second kappa shape index (κ2) is 7.34. The number of aromatic nitrogens is 2. The Morgan fingerprint density at radius 2 is 2.21 bits per heavy atom. The topological polar surface area (TPSA) is 70.5 Å². The summed E-state index contributed by atoms with van der Waals surface area (Å²) < 4.78 is 1.54. The van der Waals surface area contributed by atoms with Gasteiger partial charge in [0.25, 0.3) is 5.56 Å². The van der Waals surface area contributed by atoms with Crippen molar-refractivity contribution in [1.82, 2.24) is 19.8 Å². The van der Waals surface area contributed by atoms with Crippen LogP contribution in [0.3, 0.4) is 0 Å². The molecule has 1 aliphatic heterocycles. The first kappa shape index (κ1) is 17.0. The third-order valence-electron chi connectivity index (χ3n) is 4.90. The Morgan fingerprint density at radius 1 is 1.42 bits per heavy atom. The Balaban J connectivity index is 1.58. The summed E-state index contributed by atoms with van der Waals surface area (Å²) in [6.07, 6.45) is 7.62. The van der Waals surface area contributed by atoms with Gasteiger partial charge in [-0.3, -0.25) is 14.5 Å². The quantitative estimate of drug-likeness (QED) is 0.813. The smallest absolute Gasteiger partial charge is 0.293 e. The molecule has 7 nitrogen and oxygen atoms in total. The first-order valence-corrected chi connectivity index (χ1v) is 8.88. The molecule has 1 saturated heterocycles. The van der Waals surface area contributed by atoms with E-state index < -0.39 is 0 Å². The van der Waals surface area contributed by atoms with Gasteiger partial charge in [-0.15, -0.1) is 0 Å². The van der Waals surface area contributed by atoms with E-state index in [9.17, 15) is 9.59 Å². The lowest BCUT2D eigenvalue weighted by Gasteiger charge is -2.34. The van der Waals surface area contributed by atoms with Gasteiger partial charge in [0, 0.05) is 44.6 Å². The number of nitrogens with one attached hydrogen (secondary N) is 1. The zero-order valence-electron chi connectivity index (χ0n) is 14.6. The fourth-order valence-electron chi connectivity index (χ4n) is 3.39. The molecule has 1 amide bonds. The van der Waals surface area contributed by atoms with Crippen LogP contribution in [0.5, 0.6) is 0 Å². The van der Waals surface area contributed by atoms with Gasteiger partial charge in [-0.25, -0.2) is 4.98 Å². The van der Waals surface area contributed by atoms with Gasteiger partial charge < -0.3 is 14.8 Å². The molecule has 1 aromatic heterocycles. The highest BCUT2D eigenvalue weighted by molar-refractivity contribution is 5.78. The molecule has 24 heavy (non-hydrogen) atoms. The Labute approximate surface area is 142 Å². The maximum Gasteiger partial charge on any atom is 0.293 e. The number of likely N-dealkylation sites (N-methyl/N-ethyl adjacent to an activating group) is 1. The SMILES string of the molecule is CCN(CC(=O)N[C@@H]1CCCN(c2nccn(C)c2=O)C1)C1CC1. The van der Waals surface area contributed by atoms with E-state index in [4.69, 9.17) is 0 Å². The molecule has 7 heteroatoms. The Hall–Kier alpha value is -1.89. The van der Waals surface area contributed by atoms with Crippen molar-refractivity contribution in [2.45, 2.75) is 44.7 Å². The number of piperidine rings is 1. The average molecular weight is 333 g/mol. The first-order chi connectivity index (χ1) is 11.6. The maximum absolute atomic E-state index is 12.3. The van der Waals surface area contributed by atoms with Crippen molar-refractivity contribution in [2.75, 3.05) is 31.1 Å². The van der Waals surface area contributed by atoms with Crippen LogP contribution in [0.15, 0.2) is 17.2 Å². The standard InChI is InChI=1S/C17H27N5O2/c1-3-21(14-6-7-14)12-15(23)19-13-5-4-9-22(11-13)16-17(24)20(2)10-8-18-16/h8,10,13-14H,3-7,9,11-12H2,1-2H3,(H,19,23)/t13-/m1/s1. The van der Waals surface area contributed by atoms with Gasteiger partial charge in [-0.05, 0) is 32.2 Å². The summed E-state index contributed by atoms with van der Waals surface area (Å²) in [7, 11) is 1.73. The second-order valence-electron chi connectivity index (χ2n) is 6.81. The molecular formula is C17H27N5O2. The molecule has 132 valence electrons. The van der Waals surface area contributed by atoms with Gasteiger partial charge in [0.15, 0.2) is 5.82 Å². The van der Waals surface area contributed by atoms with E-state index in [0.717, 1.165) is 25.9 Å². The summed E-state index contributed by atoms with van der Waals surface area (Å²) in [4.78, 5) is 33.0. The summed E-state index contributed by atoms with van der Waals surface area (Å²) in [5, 5.41) is 3.14. The molecule has 0 aromatic carbocycles. The molecule has 2 aliphatic rings. The molecule has 2 heterocycles. The van der Waals surface area contributed by atoms with Crippen LogP contribution >= 0.6 is 0 Å². The van der Waals surface area contributed by atoms with Crippen molar-refractivity contribution >= 4 is 11.7 Å². The van der Waals surface area contributed by atoms with Gasteiger partial charge in [0.2, 0.25) is 5.91 Å². The highest BCUT2D eigenvalue weighted by Crippen LogP contribution is 2.26. The number of rotatable bonds is 6. The molecule has 0 radical (unpaired) electrons. The molecule has 1 saturated carbocycles. The largest absolute Gasteiger partial charge is 0.350 e. The zero-order valence-corrected chi connectivity index (χ0v) is 14.6. The Kier molecular flexibility index (Phi) is 5.18. The molecule has 0 unspecified atom stereocenters. The Morgan fingerprint density at radius 3 is 2.92 bits per heavy atom. The highest BCUT2D eigenvalue weighted by Gasteiger charge is 2.30. The number of amides is 1. The van der Waals surface area contributed by atoms with Gasteiger partial charge in [-0.1, -0.05) is 6.92 Å². The van der Waals surface area contributed by atoms with Crippen molar-refractivity contribution in [3.8, 4) is 0 Å². The monoisotopic (exact) mass is 333 g/mol. The normalized spacial score (nSPS) is 21.1. The van der Waals surface area contributed by atoms with Crippen LogP contribution in [0, 0.1) is 0 Å². The molecule has 3 rings (SSSR count). The van der Waals surface area contributed by atoms with Gasteiger partial charge in [0.1, 0.15) is 0 Å². The van der Waals surface area contributed by atoms with Crippen molar-refractivity contribution in [3.05, 3.63) is 22.7 Å².